The number of sulfonamides is 1. The maximum absolute atomic E-state index is 13.3. The van der Waals surface area contributed by atoms with Gasteiger partial charge in [-0.2, -0.15) is 11.8 Å². The van der Waals surface area contributed by atoms with Gasteiger partial charge in [-0.25, -0.2) is 8.42 Å². The number of carbonyl (C=O) groups excluding carboxylic acids is 1. The number of nitrogens with zero attached hydrogens (tertiary/aromatic N) is 2. The van der Waals surface area contributed by atoms with Gasteiger partial charge in [-0.3, -0.25) is 19.2 Å². The summed E-state index contributed by atoms with van der Waals surface area (Å²) in [6.07, 6.45) is 0.741. The SMILES string of the molecule is Cc1cccc(CSCCCNC(=O)CN(c2ccc([N+](=O)[O-])cc2)S(=O)(=O)c2ccccc2)c1. The summed E-state index contributed by atoms with van der Waals surface area (Å²) in [4.78, 5) is 23.1. The zero-order valence-corrected chi connectivity index (χ0v) is 20.9. The fraction of sp³-hybridized carbons (Fsp3) is 0.240. The first-order valence-electron chi connectivity index (χ1n) is 11.0. The summed E-state index contributed by atoms with van der Waals surface area (Å²) < 4.78 is 27.5. The average Bonchev–Trinajstić information content (AvgIpc) is 2.85. The van der Waals surface area contributed by atoms with Crippen LogP contribution in [0.1, 0.15) is 17.5 Å². The fourth-order valence-corrected chi connectivity index (χ4v) is 5.71. The van der Waals surface area contributed by atoms with E-state index in [1.807, 2.05) is 6.07 Å². The van der Waals surface area contributed by atoms with Crippen molar-refractivity contribution in [2.45, 2.75) is 24.0 Å². The summed E-state index contributed by atoms with van der Waals surface area (Å²) in [5, 5.41) is 13.8. The molecule has 10 heteroatoms. The van der Waals surface area contributed by atoms with E-state index >= 15 is 0 Å². The molecule has 3 aromatic rings. The monoisotopic (exact) mass is 513 g/mol. The maximum atomic E-state index is 13.3. The molecule has 0 atom stereocenters. The lowest BCUT2D eigenvalue weighted by atomic mass is 10.2. The lowest BCUT2D eigenvalue weighted by Crippen LogP contribution is -2.41. The van der Waals surface area contributed by atoms with Crippen LogP contribution in [0.25, 0.3) is 0 Å². The molecule has 1 N–H and O–H groups in total. The van der Waals surface area contributed by atoms with Gasteiger partial charge in [-0.15, -0.1) is 0 Å². The highest BCUT2D eigenvalue weighted by atomic mass is 32.2. The highest BCUT2D eigenvalue weighted by molar-refractivity contribution is 7.98. The normalized spacial score (nSPS) is 11.1. The zero-order valence-electron chi connectivity index (χ0n) is 19.3. The van der Waals surface area contributed by atoms with Gasteiger partial charge >= 0.3 is 0 Å². The van der Waals surface area contributed by atoms with E-state index in [1.165, 1.54) is 47.5 Å². The Kier molecular flexibility index (Phi) is 9.27. The molecule has 0 spiro atoms. The molecule has 0 saturated heterocycles. The Morgan fingerprint density at radius 2 is 1.74 bits per heavy atom. The number of carbonyl (C=O) groups is 1. The lowest BCUT2D eigenvalue weighted by molar-refractivity contribution is -0.384. The van der Waals surface area contributed by atoms with Crippen LogP contribution in [0.2, 0.25) is 0 Å². The van der Waals surface area contributed by atoms with Gasteiger partial charge in [0, 0.05) is 24.4 Å². The van der Waals surface area contributed by atoms with Crippen LogP contribution in [0.15, 0.2) is 83.8 Å². The Labute approximate surface area is 209 Å². The van der Waals surface area contributed by atoms with E-state index < -0.39 is 27.4 Å². The number of non-ortho nitro benzene ring substituents is 1. The quantitative estimate of drug-likeness (QED) is 0.216. The van der Waals surface area contributed by atoms with Crippen LogP contribution in [0.3, 0.4) is 0 Å². The van der Waals surface area contributed by atoms with Crippen LogP contribution in [0.5, 0.6) is 0 Å². The average molecular weight is 514 g/mol. The molecular weight excluding hydrogens is 486 g/mol. The van der Waals surface area contributed by atoms with E-state index in [9.17, 15) is 23.3 Å². The van der Waals surface area contributed by atoms with E-state index in [1.54, 1.807) is 30.0 Å². The molecule has 0 heterocycles. The summed E-state index contributed by atoms with van der Waals surface area (Å²) in [6.45, 7) is 2.03. The van der Waals surface area contributed by atoms with Gasteiger partial charge in [-0.1, -0.05) is 48.0 Å². The molecule has 0 fully saturated rings. The van der Waals surface area contributed by atoms with Crippen LogP contribution >= 0.6 is 11.8 Å². The van der Waals surface area contributed by atoms with Crippen molar-refractivity contribution < 1.29 is 18.1 Å². The Morgan fingerprint density at radius 3 is 2.40 bits per heavy atom. The number of nitro benzene ring substituents is 1. The molecule has 1 amide bonds. The van der Waals surface area contributed by atoms with Crippen LogP contribution in [-0.2, 0) is 20.6 Å². The minimum Gasteiger partial charge on any atom is -0.354 e. The van der Waals surface area contributed by atoms with E-state index in [4.69, 9.17) is 0 Å². The molecule has 3 rings (SSSR count). The Balaban J connectivity index is 1.60. The Morgan fingerprint density at radius 1 is 1.03 bits per heavy atom. The topological polar surface area (TPSA) is 110 Å². The molecule has 0 saturated carbocycles. The number of nitrogens with one attached hydrogen (secondary N) is 1. The molecule has 0 aliphatic carbocycles. The molecular formula is C25H27N3O5S2. The minimum absolute atomic E-state index is 0.0266. The molecule has 0 aliphatic heterocycles. The summed E-state index contributed by atoms with van der Waals surface area (Å²) in [7, 11) is -4.06. The molecule has 0 bridgehead atoms. The Bertz CT molecular complexity index is 1250. The molecule has 0 aliphatic rings. The van der Waals surface area contributed by atoms with Gasteiger partial charge in [0.15, 0.2) is 0 Å². The van der Waals surface area contributed by atoms with Crippen LogP contribution in [0, 0.1) is 17.0 Å². The van der Waals surface area contributed by atoms with Gasteiger partial charge < -0.3 is 5.32 Å². The molecule has 0 aromatic heterocycles. The second-order valence-corrected chi connectivity index (χ2v) is 10.8. The molecule has 0 radical (unpaired) electrons. The summed E-state index contributed by atoms with van der Waals surface area (Å²) in [5.41, 5.74) is 2.48. The van der Waals surface area contributed by atoms with Crippen molar-refractivity contribution in [2.24, 2.45) is 0 Å². The number of benzene rings is 3. The molecule has 3 aromatic carbocycles. The van der Waals surface area contributed by atoms with Crippen molar-refractivity contribution in [1.82, 2.24) is 5.32 Å². The van der Waals surface area contributed by atoms with Crippen LogP contribution < -0.4 is 9.62 Å². The molecule has 35 heavy (non-hydrogen) atoms. The van der Waals surface area contributed by atoms with Gasteiger partial charge in [0.05, 0.1) is 15.5 Å². The third-order valence-corrected chi connectivity index (χ3v) is 8.01. The van der Waals surface area contributed by atoms with Crippen molar-refractivity contribution in [3.63, 3.8) is 0 Å². The second-order valence-electron chi connectivity index (χ2n) is 7.84. The van der Waals surface area contributed by atoms with Gasteiger partial charge in [0.2, 0.25) is 5.91 Å². The first kappa shape index (κ1) is 26.2. The number of amides is 1. The third kappa shape index (κ3) is 7.56. The molecule has 184 valence electrons. The predicted octanol–water partition coefficient (Wildman–Crippen LogP) is 4.54. The number of rotatable bonds is 12. The number of anilines is 1. The van der Waals surface area contributed by atoms with Crippen molar-refractivity contribution in [1.29, 1.82) is 0 Å². The lowest BCUT2D eigenvalue weighted by Gasteiger charge is -2.24. The highest BCUT2D eigenvalue weighted by Crippen LogP contribution is 2.25. The van der Waals surface area contributed by atoms with Crippen LogP contribution in [0.4, 0.5) is 11.4 Å². The number of hydrogen-bond donors (Lipinski definition) is 1. The van der Waals surface area contributed by atoms with Gasteiger partial charge in [0.25, 0.3) is 15.7 Å². The van der Waals surface area contributed by atoms with E-state index in [-0.39, 0.29) is 16.3 Å². The number of thioether (sulfide) groups is 1. The summed E-state index contributed by atoms with van der Waals surface area (Å²) >= 11 is 1.77. The van der Waals surface area contributed by atoms with Crippen LogP contribution in [-0.4, -0.2) is 38.1 Å². The smallest absolute Gasteiger partial charge is 0.269 e. The molecule has 8 nitrogen and oxygen atoms in total. The zero-order chi connectivity index (χ0) is 25.3. The molecule has 0 unspecified atom stereocenters. The largest absolute Gasteiger partial charge is 0.354 e. The predicted molar refractivity (Wildman–Crippen MR) is 139 cm³/mol. The van der Waals surface area contributed by atoms with E-state index in [2.05, 4.69) is 30.4 Å². The summed E-state index contributed by atoms with van der Waals surface area (Å²) in [6, 6.07) is 21.2. The minimum atomic E-state index is -4.06. The van der Waals surface area contributed by atoms with Gasteiger partial charge in [-0.05, 0) is 48.9 Å². The Hall–Kier alpha value is -3.37. The first-order chi connectivity index (χ1) is 16.8. The van der Waals surface area contributed by atoms with E-state index in [0.717, 1.165) is 22.2 Å². The van der Waals surface area contributed by atoms with E-state index in [0.29, 0.717) is 6.54 Å². The number of aryl methyl sites for hydroxylation is 1. The third-order valence-electron chi connectivity index (χ3n) is 5.11. The van der Waals surface area contributed by atoms with Crippen molar-refractivity contribution >= 4 is 39.1 Å². The van der Waals surface area contributed by atoms with Gasteiger partial charge in [0.1, 0.15) is 6.54 Å². The number of nitro groups is 1. The van der Waals surface area contributed by atoms with Crippen molar-refractivity contribution in [3.8, 4) is 0 Å². The van der Waals surface area contributed by atoms with Crippen molar-refractivity contribution in [2.75, 3.05) is 23.1 Å². The summed E-state index contributed by atoms with van der Waals surface area (Å²) in [5.74, 6) is 1.29. The maximum Gasteiger partial charge on any atom is 0.269 e. The van der Waals surface area contributed by atoms with Crippen molar-refractivity contribution in [3.05, 3.63) is 100 Å². The highest BCUT2D eigenvalue weighted by Gasteiger charge is 2.27. The first-order valence-corrected chi connectivity index (χ1v) is 13.6. The fourth-order valence-electron chi connectivity index (χ4n) is 3.36. The second kappa shape index (κ2) is 12.4. The number of hydrogen-bond acceptors (Lipinski definition) is 6. The standard InChI is InChI=1S/C25H27N3O5S2/c1-20-7-5-8-21(17-20)19-34-16-6-15-26-25(29)18-27(22-11-13-23(14-12-22)28(30)31)35(32,33)24-9-3-2-4-10-24/h2-5,7-14,17H,6,15-16,18-19H2,1H3,(H,26,29).